The molecule has 9 nitrogen and oxygen atoms in total. The number of nitrogens with one attached hydrogen (secondary N) is 1. The lowest BCUT2D eigenvalue weighted by Crippen LogP contribution is -2.22. The summed E-state index contributed by atoms with van der Waals surface area (Å²) in [4.78, 5) is 30.9. The van der Waals surface area contributed by atoms with Gasteiger partial charge in [0.05, 0.1) is 5.56 Å². The van der Waals surface area contributed by atoms with Gasteiger partial charge >= 0.3 is 5.97 Å². The van der Waals surface area contributed by atoms with E-state index in [1.54, 1.807) is 54.7 Å². The molecule has 0 fully saturated rings. The first-order valence-electron chi connectivity index (χ1n) is 13.5. The second kappa shape index (κ2) is 15.5. The average molecular weight is 644 g/mol. The van der Waals surface area contributed by atoms with Gasteiger partial charge in [-0.2, -0.15) is 0 Å². The number of rotatable bonds is 5. The fraction of sp³-hybridized carbons (Fsp3) is 0.0588. The first-order valence-corrected chi connectivity index (χ1v) is 14.3. The van der Waals surface area contributed by atoms with E-state index in [0.717, 1.165) is 26.9 Å². The van der Waals surface area contributed by atoms with Crippen LogP contribution in [0, 0.1) is 0 Å². The van der Waals surface area contributed by atoms with E-state index >= 15 is 0 Å². The quantitative estimate of drug-likeness (QED) is 0.135. The van der Waals surface area contributed by atoms with E-state index in [9.17, 15) is 19.8 Å². The zero-order chi connectivity index (χ0) is 32.3. The van der Waals surface area contributed by atoms with Crippen LogP contribution in [0.5, 0.6) is 11.5 Å². The molecule has 0 saturated heterocycles. The van der Waals surface area contributed by atoms with Crippen molar-refractivity contribution in [2.45, 2.75) is 13.1 Å². The van der Waals surface area contributed by atoms with E-state index in [2.05, 4.69) is 15.3 Å². The van der Waals surface area contributed by atoms with Gasteiger partial charge in [-0.1, -0.05) is 71.7 Å². The molecule has 0 aliphatic carbocycles. The Hall–Kier alpha value is -5.22. The third-order valence-corrected chi connectivity index (χ3v) is 6.99. The number of carboxylic acid groups (broad SMARTS) is 1. The molecule has 0 atom stereocenters. The predicted octanol–water partition coefficient (Wildman–Crippen LogP) is 6.96. The van der Waals surface area contributed by atoms with Gasteiger partial charge in [-0.15, -0.1) is 0 Å². The van der Waals surface area contributed by atoms with Gasteiger partial charge < -0.3 is 26.4 Å². The maximum Gasteiger partial charge on any atom is 0.339 e. The summed E-state index contributed by atoms with van der Waals surface area (Å²) in [7, 11) is 0. The minimum Gasteiger partial charge on any atom is -0.505 e. The summed E-state index contributed by atoms with van der Waals surface area (Å²) >= 11 is 11.4. The van der Waals surface area contributed by atoms with Crippen molar-refractivity contribution in [2.24, 2.45) is 5.73 Å². The topological polar surface area (TPSA) is 159 Å². The number of carbonyl (C=O) groups excluding carboxylic acids is 1. The number of aromatic carboxylic acids is 1. The van der Waals surface area contributed by atoms with Gasteiger partial charge in [0.2, 0.25) is 0 Å². The Morgan fingerprint density at radius 1 is 0.667 bits per heavy atom. The van der Waals surface area contributed by atoms with Gasteiger partial charge in [0, 0.05) is 46.3 Å². The van der Waals surface area contributed by atoms with Gasteiger partial charge in [-0.3, -0.25) is 14.8 Å². The highest BCUT2D eigenvalue weighted by atomic mass is 35.5. The zero-order valence-electron chi connectivity index (χ0n) is 23.7. The van der Waals surface area contributed by atoms with Crippen molar-refractivity contribution >= 4 is 56.9 Å². The Bertz CT molecular complexity index is 1930. The first kappa shape index (κ1) is 32.7. The molecule has 0 bridgehead atoms. The second-order valence-corrected chi connectivity index (χ2v) is 10.4. The van der Waals surface area contributed by atoms with Crippen molar-refractivity contribution < 1.29 is 24.9 Å². The molecule has 4 aromatic carbocycles. The van der Waals surface area contributed by atoms with E-state index in [1.807, 2.05) is 42.5 Å². The van der Waals surface area contributed by atoms with E-state index < -0.39 is 5.97 Å². The van der Waals surface area contributed by atoms with Crippen LogP contribution < -0.4 is 11.1 Å². The van der Waals surface area contributed by atoms with Crippen LogP contribution in [-0.4, -0.2) is 37.2 Å². The first-order chi connectivity index (χ1) is 21.7. The highest BCUT2D eigenvalue weighted by Gasteiger charge is 2.14. The standard InChI is InChI=1S/C17H13ClN2O2.C10H7NO3.C7H8ClN/c18-13-6-3-11(4-7-13)10-20-17(22)14-8-5-12-2-1-9-19-15(12)16(14)21;12-9-7(10(13)14)4-3-6-2-1-5-11-8(6)9;8-7-3-1-6(5-9)2-4-7/h1-9,21H,10H2,(H,20,22);1-5,12H,(H,13,14);1-4H,5,9H2. The lowest BCUT2D eigenvalue weighted by molar-refractivity contribution is 0.0693. The Balaban J connectivity index is 0.000000171. The number of hydrogen-bond acceptors (Lipinski definition) is 7. The molecule has 0 unspecified atom stereocenters. The minimum absolute atomic E-state index is 0.105. The van der Waals surface area contributed by atoms with Crippen molar-refractivity contribution in [1.29, 1.82) is 0 Å². The van der Waals surface area contributed by atoms with Crippen molar-refractivity contribution in [3.05, 3.63) is 142 Å². The molecular weight excluding hydrogens is 615 g/mol. The number of halogens is 2. The number of pyridine rings is 2. The number of nitrogens with zero attached hydrogens (tertiary/aromatic N) is 2. The van der Waals surface area contributed by atoms with Crippen LogP contribution in [0.15, 0.2) is 109 Å². The van der Waals surface area contributed by atoms with Gasteiger partial charge in [0.25, 0.3) is 5.91 Å². The molecule has 11 heteroatoms. The highest BCUT2D eigenvalue weighted by Crippen LogP contribution is 2.27. The third-order valence-electron chi connectivity index (χ3n) is 6.49. The number of fused-ring (bicyclic) bond motifs is 2. The molecule has 2 aromatic heterocycles. The summed E-state index contributed by atoms with van der Waals surface area (Å²) in [5.74, 6) is -1.89. The van der Waals surface area contributed by atoms with E-state index in [-0.39, 0.29) is 28.5 Å². The van der Waals surface area contributed by atoms with Gasteiger partial charge in [0.15, 0.2) is 11.5 Å². The van der Waals surface area contributed by atoms with Crippen molar-refractivity contribution in [3.63, 3.8) is 0 Å². The maximum absolute atomic E-state index is 12.2. The molecule has 6 aromatic rings. The summed E-state index contributed by atoms with van der Waals surface area (Å²) < 4.78 is 0. The predicted molar refractivity (Wildman–Crippen MR) is 176 cm³/mol. The lowest BCUT2D eigenvalue weighted by atomic mass is 10.1. The van der Waals surface area contributed by atoms with Crippen LogP contribution in [-0.2, 0) is 13.1 Å². The van der Waals surface area contributed by atoms with Crippen molar-refractivity contribution in [2.75, 3.05) is 0 Å². The van der Waals surface area contributed by atoms with Gasteiger partial charge in [-0.05, 0) is 59.7 Å². The number of phenols is 2. The van der Waals surface area contributed by atoms with Crippen LogP contribution in [0.25, 0.3) is 21.8 Å². The van der Waals surface area contributed by atoms with Crippen LogP contribution >= 0.6 is 23.2 Å². The zero-order valence-corrected chi connectivity index (χ0v) is 25.2. The number of nitrogens with two attached hydrogens (primary N) is 1. The lowest BCUT2D eigenvalue weighted by Gasteiger charge is -2.08. The van der Waals surface area contributed by atoms with Crippen molar-refractivity contribution in [3.8, 4) is 11.5 Å². The molecule has 0 aliphatic rings. The molecule has 0 saturated carbocycles. The van der Waals surface area contributed by atoms with E-state index in [0.29, 0.717) is 29.1 Å². The summed E-state index contributed by atoms with van der Waals surface area (Å²) in [5.41, 5.74) is 8.20. The number of amides is 1. The van der Waals surface area contributed by atoms with Gasteiger partial charge in [-0.25, -0.2) is 4.79 Å². The van der Waals surface area contributed by atoms with E-state index in [1.165, 1.54) is 12.3 Å². The number of carbonyl (C=O) groups is 2. The molecule has 6 rings (SSSR count). The summed E-state index contributed by atoms with van der Waals surface area (Å²) in [6, 6.07) is 28.1. The third kappa shape index (κ3) is 8.67. The monoisotopic (exact) mass is 642 g/mol. The van der Waals surface area contributed by atoms with E-state index in [4.69, 9.17) is 34.0 Å². The number of benzene rings is 4. The summed E-state index contributed by atoms with van der Waals surface area (Å²) in [5, 5.41) is 34.2. The molecular formula is C34H28Cl2N4O5. The highest BCUT2D eigenvalue weighted by molar-refractivity contribution is 6.30. The van der Waals surface area contributed by atoms with Crippen LogP contribution in [0.3, 0.4) is 0 Å². The second-order valence-electron chi connectivity index (χ2n) is 9.52. The number of aromatic hydroxyl groups is 2. The molecule has 1 amide bonds. The van der Waals surface area contributed by atoms with Crippen LogP contribution in [0.2, 0.25) is 10.0 Å². The fourth-order valence-electron chi connectivity index (χ4n) is 4.12. The molecule has 0 aliphatic heterocycles. The smallest absolute Gasteiger partial charge is 0.339 e. The molecule has 6 N–H and O–H groups in total. The Kier molecular flexibility index (Phi) is 11.3. The van der Waals surface area contributed by atoms with Crippen LogP contribution in [0.1, 0.15) is 31.8 Å². The molecule has 45 heavy (non-hydrogen) atoms. The number of carboxylic acids is 1. The normalized spacial score (nSPS) is 10.3. The number of hydrogen-bond donors (Lipinski definition) is 5. The van der Waals surface area contributed by atoms with Crippen LogP contribution in [0.4, 0.5) is 0 Å². The van der Waals surface area contributed by atoms with Crippen molar-refractivity contribution in [1.82, 2.24) is 15.3 Å². The van der Waals surface area contributed by atoms with Gasteiger partial charge in [0.1, 0.15) is 16.6 Å². The maximum atomic E-state index is 12.2. The largest absolute Gasteiger partial charge is 0.505 e. The fourth-order valence-corrected chi connectivity index (χ4v) is 4.37. The Morgan fingerprint density at radius 2 is 1.13 bits per heavy atom. The Morgan fingerprint density at radius 3 is 1.62 bits per heavy atom. The number of aromatic nitrogens is 2. The minimum atomic E-state index is -1.16. The molecule has 0 spiro atoms. The molecule has 228 valence electrons. The molecule has 2 heterocycles. The average Bonchev–Trinajstić information content (AvgIpc) is 3.06. The summed E-state index contributed by atoms with van der Waals surface area (Å²) in [6.45, 7) is 0.937. The Labute approximate surface area is 268 Å². The summed E-state index contributed by atoms with van der Waals surface area (Å²) in [6.07, 6.45) is 3.09. The SMILES string of the molecule is NCc1ccc(Cl)cc1.O=C(NCc1ccc(Cl)cc1)c1ccc2cccnc2c1O.O=C(O)c1ccc2cccnc2c1O. The number of phenolic OH excluding ortho intramolecular Hbond substituents is 1. The molecule has 0 radical (unpaired) electrons.